The van der Waals surface area contributed by atoms with Crippen LogP contribution in [0.1, 0.15) is 40.0 Å². The van der Waals surface area contributed by atoms with Crippen molar-refractivity contribution in [2.24, 2.45) is 5.92 Å². The third-order valence-corrected chi connectivity index (χ3v) is 3.16. The van der Waals surface area contributed by atoms with Crippen LogP contribution in [0, 0.1) is 5.92 Å². The lowest BCUT2D eigenvalue weighted by Crippen LogP contribution is -2.43. The molecule has 18 heavy (non-hydrogen) atoms. The summed E-state index contributed by atoms with van der Waals surface area (Å²) in [5.74, 6) is 0.177. The van der Waals surface area contributed by atoms with Gasteiger partial charge in [0.15, 0.2) is 0 Å². The van der Waals surface area contributed by atoms with Gasteiger partial charge in [-0.25, -0.2) is 4.79 Å². The Morgan fingerprint density at radius 1 is 1.39 bits per heavy atom. The number of aliphatic hydroxyl groups excluding tert-OH is 2. The van der Waals surface area contributed by atoms with Gasteiger partial charge in [0.1, 0.15) is 5.60 Å². The fourth-order valence-electron chi connectivity index (χ4n) is 2.16. The molecule has 106 valence electrons. The highest BCUT2D eigenvalue weighted by atomic mass is 16.6. The van der Waals surface area contributed by atoms with Gasteiger partial charge in [0.05, 0.1) is 6.10 Å². The van der Waals surface area contributed by atoms with Crippen LogP contribution in [0.15, 0.2) is 0 Å². The highest BCUT2D eigenvalue weighted by Gasteiger charge is 2.29. The van der Waals surface area contributed by atoms with E-state index in [2.05, 4.69) is 0 Å². The summed E-state index contributed by atoms with van der Waals surface area (Å²) >= 11 is 0. The molecule has 1 aliphatic rings. The summed E-state index contributed by atoms with van der Waals surface area (Å²) in [5, 5.41) is 18.6. The van der Waals surface area contributed by atoms with E-state index in [1.54, 1.807) is 4.90 Å². The van der Waals surface area contributed by atoms with Crippen LogP contribution in [0.5, 0.6) is 0 Å². The third-order valence-electron chi connectivity index (χ3n) is 3.16. The van der Waals surface area contributed by atoms with Gasteiger partial charge in [0.2, 0.25) is 0 Å². The molecular formula is C13H25NO4. The minimum absolute atomic E-state index is 0.00739. The summed E-state index contributed by atoms with van der Waals surface area (Å²) in [6.07, 6.45) is 1.20. The maximum Gasteiger partial charge on any atom is 0.410 e. The van der Waals surface area contributed by atoms with Crippen LogP contribution in [0.25, 0.3) is 0 Å². The molecule has 0 aromatic heterocycles. The van der Waals surface area contributed by atoms with Gasteiger partial charge in [-0.3, -0.25) is 0 Å². The molecule has 0 bridgehead atoms. The van der Waals surface area contributed by atoms with Crippen LogP contribution in [-0.4, -0.2) is 52.6 Å². The first-order valence-electron chi connectivity index (χ1n) is 6.60. The zero-order valence-corrected chi connectivity index (χ0v) is 11.6. The molecule has 0 radical (unpaired) electrons. The van der Waals surface area contributed by atoms with E-state index in [-0.39, 0.29) is 18.6 Å². The van der Waals surface area contributed by atoms with Crippen molar-refractivity contribution in [2.45, 2.75) is 51.7 Å². The summed E-state index contributed by atoms with van der Waals surface area (Å²) < 4.78 is 5.30. The molecule has 2 N–H and O–H groups in total. The Hall–Kier alpha value is -0.810. The van der Waals surface area contributed by atoms with Gasteiger partial charge in [-0.2, -0.15) is 0 Å². The van der Waals surface area contributed by atoms with E-state index in [4.69, 9.17) is 9.84 Å². The Morgan fingerprint density at radius 2 is 1.94 bits per heavy atom. The Bertz CT molecular complexity index is 267. The number of rotatable bonds is 3. The predicted molar refractivity (Wildman–Crippen MR) is 68.2 cm³/mol. The normalized spacial score (nSPS) is 19.7. The Morgan fingerprint density at radius 3 is 2.39 bits per heavy atom. The number of nitrogens with zero attached hydrogens (tertiary/aromatic N) is 1. The lowest BCUT2D eigenvalue weighted by Gasteiger charge is -2.35. The highest BCUT2D eigenvalue weighted by Crippen LogP contribution is 2.23. The number of ether oxygens (including phenoxy) is 1. The van der Waals surface area contributed by atoms with E-state index in [0.717, 1.165) is 12.8 Å². The van der Waals surface area contributed by atoms with Gasteiger partial charge in [-0.1, -0.05) is 0 Å². The molecule has 1 fully saturated rings. The van der Waals surface area contributed by atoms with Gasteiger partial charge in [0.25, 0.3) is 0 Å². The zero-order valence-electron chi connectivity index (χ0n) is 11.6. The molecule has 1 rings (SSSR count). The first kappa shape index (κ1) is 15.2. The minimum atomic E-state index is -0.468. The lowest BCUT2D eigenvalue weighted by molar-refractivity contribution is 0.00450. The van der Waals surface area contributed by atoms with Crippen LogP contribution in [0.3, 0.4) is 0 Å². The SMILES string of the molecule is CC(C)(C)OC(=O)N1CCC([C@@H](O)CCO)CC1. The second kappa shape index (κ2) is 6.38. The molecule has 5 heteroatoms. The first-order chi connectivity index (χ1) is 8.33. The van der Waals surface area contributed by atoms with Crippen molar-refractivity contribution in [3.05, 3.63) is 0 Å². The number of carbonyl (C=O) groups is 1. The van der Waals surface area contributed by atoms with Crippen molar-refractivity contribution in [3.63, 3.8) is 0 Å². The number of hydrogen-bond acceptors (Lipinski definition) is 4. The second-order valence-corrected chi connectivity index (χ2v) is 5.88. The summed E-state index contributed by atoms with van der Waals surface area (Å²) in [6, 6.07) is 0. The van der Waals surface area contributed by atoms with Crippen molar-refractivity contribution in [1.29, 1.82) is 0 Å². The van der Waals surface area contributed by atoms with Gasteiger partial charge < -0.3 is 19.8 Å². The van der Waals surface area contributed by atoms with E-state index in [1.807, 2.05) is 20.8 Å². The van der Waals surface area contributed by atoms with Gasteiger partial charge in [-0.15, -0.1) is 0 Å². The number of amides is 1. The van der Waals surface area contributed by atoms with E-state index < -0.39 is 11.7 Å². The molecule has 0 aliphatic carbocycles. The predicted octanol–water partition coefficient (Wildman–Crippen LogP) is 1.38. The monoisotopic (exact) mass is 259 g/mol. The quantitative estimate of drug-likeness (QED) is 0.803. The molecule has 0 unspecified atom stereocenters. The van der Waals surface area contributed by atoms with Crippen molar-refractivity contribution < 1.29 is 19.7 Å². The molecule has 0 aromatic rings. The van der Waals surface area contributed by atoms with Crippen LogP contribution < -0.4 is 0 Å². The number of aliphatic hydroxyl groups is 2. The highest BCUT2D eigenvalue weighted by molar-refractivity contribution is 5.68. The van der Waals surface area contributed by atoms with Crippen LogP contribution in [0.4, 0.5) is 4.79 Å². The van der Waals surface area contributed by atoms with Crippen LogP contribution in [-0.2, 0) is 4.74 Å². The molecule has 1 aliphatic heterocycles. The largest absolute Gasteiger partial charge is 0.444 e. The van der Waals surface area contributed by atoms with Crippen LogP contribution >= 0.6 is 0 Å². The van der Waals surface area contributed by atoms with E-state index in [9.17, 15) is 9.90 Å². The fraction of sp³-hybridized carbons (Fsp3) is 0.923. The standard InChI is InChI=1S/C13H25NO4/c1-13(2,3)18-12(17)14-7-4-10(5-8-14)11(16)6-9-15/h10-11,15-16H,4-9H2,1-3H3/t11-/m0/s1. The summed E-state index contributed by atoms with van der Waals surface area (Å²) in [4.78, 5) is 13.5. The van der Waals surface area contributed by atoms with Crippen molar-refractivity contribution in [3.8, 4) is 0 Å². The first-order valence-corrected chi connectivity index (χ1v) is 6.60. The molecule has 0 saturated carbocycles. The smallest absolute Gasteiger partial charge is 0.410 e. The summed E-state index contributed by atoms with van der Waals surface area (Å²) in [5.41, 5.74) is -0.468. The molecule has 1 amide bonds. The zero-order chi connectivity index (χ0) is 13.8. The third kappa shape index (κ3) is 4.82. The van der Waals surface area contributed by atoms with E-state index in [0.29, 0.717) is 19.5 Å². The molecule has 1 atom stereocenters. The molecule has 0 aromatic carbocycles. The Labute approximate surface area is 109 Å². The van der Waals surface area contributed by atoms with Crippen LogP contribution in [0.2, 0.25) is 0 Å². The fourth-order valence-corrected chi connectivity index (χ4v) is 2.16. The number of likely N-dealkylation sites (tertiary alicyclic amines) is 1. The molecule has 5 nitrogen and oxygen atoms in total. The topological polar surface area (TPSA) is 70.0 Å². The van der Waals surface area contributed by atoms with E-state index in [1.165, 1.54) is 0 Å². The number of piperidine rings is 1. The van der Waals surface area contributed by atoms with Crippen molar-refractivity contribution in [2.75, 3.05) is 19.7 Å². The molecular weight excluding hydrogens is 234 g/mol. The number of hydrogen-bond donors (Lipinski definition) is 2. The maximum absolute atomic E-state index is 11.8. The average Bonchev–Trinajstić information content (AvgIpc) is 2.27. The maximum atomic E-state index is 11.8. The Balaban J connectivity index is 2.37. The molecule has 1 saturated heterocycles. The van der Waals surface area contributed by atoms with Crippen molar-refractivity contribution in [1.82, 2.24) is 4.90 Å². The van der Waals surface area contributed by atoms with Gasteiger partial charge >= 0.3 is 6.09 Å². The van der Waals surface area contributed by atoms with Gasteiger partial charge in [0, 0.05) is 19.7 Å². The molecule has 0 spiro atoms. The minimum Gasteiger partial charge on any atom is -0.444 e. The van der Waals surface area contributed by atoms with Crippen molar-refractivity contribution >= 4 is 6.09 Å². The molecule has 1 heterocycles. The average molecular weight is 259 g/mol. The second-order valence-electron chi connectivity index (χ2n) is 5.88. The summed E-state index contributed by atoms with van der Waals surface area (Å²) in [6.45, 7) is 6.78. The number of carbonyl (C=O) groups excluding carboxylic acids is 1. The van der Waals surface area contributed by atoms with E-state index >= 15 is 0 Å². The lowest BCUT2D eigenvalue weighted by atomic mass is 9.90. The van der Waals surface area contributed by atoms with Gasteiger partial charge in [-0.05, 0) is 46.0 Å². The summed E-state index contributed by atoms with van der Waals surface area (Å²) in [7, 11) is 0. The Kier molecular flexibility index (Phi) is 5.41.